The van der Waals surface area contributed by atoms with Gasteiger partial charge in [-0.25, -0.2) is 0 Å². The van der Waals surface area contributed by atoms with E-state index in [2.05, 4.69) is 27.7 Å². The SMILES string of the molecule is CCC1(CCCCc2cc(O)c(O)c(CCCCC(C)(C)C)c2O)CC1. The van der Waals surface area contributed by atoms with Gasteiger partial charge in [0.1, 0.15) is 5.75 Å². The average molecular weight is 363 g/mol. The first-order valence-corrected chi connectivity index (χ1v) is 10.4. The van der Waals surface area contributed by atoms with Crippen molar-refractivity contribution in [3.8, 4) is 17.2 Å². The topological polar surface area (TPSA) is 60.7 Å². The molecule has 2 rings (SSSR count). The molecule has 0 aromatic heterocycles. The lowest BCUT2D eigenvalue weighted by atomic mass is 9.88. The lowest BCUT2D eigenvalue weighted by Crippen LogP contribution is -2.04. The van der Waals surface area contributed by atoms with Crippen molar-refractivity contribution in [3.05, 3.63) is 17.2 Å². The fourth-order valence-electron chi connectivity index (χ4n) is 3.92. The smallest absolute Gasteiger partial charge is 0.164 e. The zero-order valence-corrected chi connectivity index (χ0v) is 17.2. The molecule has 1 aromatic carbocycles. The minimum absolute atomic E-state index is 0.101. The number of hydrogen-bond donors (Lipinski definition) is 3. The number of benzene rings is 1. The van der Waals surface area contributed by atoms with Crippen molar-refractivity contribution in [2.45, 2.75) is 98.3 Å². The van der Waals surface area contributed by atoms with E-state index in [1.165, 1.54) is 31.7 Å². The summed E-state index contributed by atoms with van der Waals surface area (Å²) in [6.07, 6.45) is 11.9. The zero-order valence-electron chi connectivity index (χ0n) is 17.2. The summed E-state index contributed by atoms with van der Waals surface area (Å²) in [6.45, 7) is 8.94. The van der Waals surface area contributed by atoms with Gasteiger partial charge in [-0.15, -0.1) is 0 Å². The first-order chi connectivity index (χ1) is 12.2. The van der Waals surface area contributed by atoms with Gasteiger partial charge in [0, 0.05) is 5.56 Å². The highest BCUT2D eigenvalue weighted by atomic mass is 16.3. The van der Waals surface area contributed by atoms with Crippen molar-refractivity contribution in [3.63, 3.8) is 0 Å². The van der Waals surface area contributed by atoms with Crippen LogP contribution in [0.2, 0.25) is 0 Å². The van der Waals surface area contributed by atoms with Crippen LogP contribution >= 0.6 is 0 Å². The summed E-state index contributed by atoms with van der Waals surface area (Å²) in [6, 6.07) is 1.54. The quantitative estimate of drug-likeness (QED) is 0.254. The van der Waals surface area contributed by atoms with Crippen LogP contribution in [0, 0.1) is 10.8 Å². The number of aryl methyl sites for hydroxylation is 1. The van der Waals surface area contributed by atoms with E-state index in [1.807, 2.05) is 0 Å². The molecule has 1 saturated carbocycles. The molecule has 1 aliphatic carbocycles. The van der Waals surface area contributed by atoms with Crippen LogP contribution < -0.4 is 0 Å². The summed E-state index contributed by atoms with van der Waals surface area (Å²) in [5, 5.41) is 30.8. The molecule has 3 nitrogen and oxygen atoms in total. The minimum Gasteiger partial charge on any atom is -0.507 e. The summed E-state index contributed by atoms with van der Waals surface area (Å²) >= 11 is 0. The molecule has 0 heterocycles. The maximum absolute atomic E-state index is 10.6. The van der Waals surface area contributed by atoms with Crippen molar-refractivity contribution in [2.24, 2.45) is 10.8 Å². The van der Waals surface area contributed by atoms with Crippen LogP contribution in [0.5, 0.6) is 17.2 Å². The van der Waals surface area contributed by atoms with Crippen LogP contribution in [0.4, 0.5) is 0 Å². The zero-order chi connectivity index (χ0) is 19.4. The van der Waals surface area contributed by atoms with Crippen LogP contribution in [0.25, 0.3) is 0 Å². The molecule has 0 atom stereocenters. The van der Waals surface area contributed by atoms with Crippen molar-refractivity contribution in [1.82, 2.24) is 0 Å². The molecule has 0 aliphatic heterocycles. The van der Waals surface area contributed by atoms with Gasteiger partial charge in [0.05, 0.1) is 0 Å². The molecule has 1 fully saturated rings. The molecule has 3 N–H and O–H groups in total. The largest absolute Gasteiger partial charge is 0.507 e. The Morgan fingerprint density at radius 1 is 0.923 bits per heavy atom. The molecule has 26 heavy (non-hydrogen) atoms. The van der Waals surface area contributed by atoms with Crippen molar-refractivity contribution < 1.29 is 15.3 Å². The summed E-state index contributed by atoms with van der Waals surface area (Å²) < 4.78 is 0. The molecule has 3 heteroatoms. The van der Waals surface area contributed by atoms with Gasteiger partial charge < -0.3 is 15.3 Å². The molecular weight excluding hydrogens is 324 g/mol. The van der Waals surface area contributed by atoms with E-state index in [1.54, 1.807) is 0 Å². The van der Waals surface area contributed by atoms with Crippen LogP contribution in [0.1, 0.15) is 96.6 Å². The molecule has 1 aromatic rings. The van der Waals surface area contributed by atoms with Gasteiger partial charge in [-0.05, 0) is 73.8 Å². The Morgan fingerprint density at radius 2 is 1.58 bits per heavy atom. The molecule has 1 aliphatic rings. The summed E-state index contributed by atoms with van der Waals surface area (Å²) in [5.41, 5.74) is 2.19. The maximum atomic E-state index is 10.6. The molecule has 0 spiro atoms. The lowest BCUT2D eigenvalue weighted by Gasteiger charge is -2.18. The Hall–Kier alpha value is -1.38. The second-order valence-corrected chi connectivity index (χ2v) is 9.56. The van der Waals surface area contributed by atoms with E-state index in [0.717, 1.165) is 44.1 Å². The molecule has 148 valence electrons. The second-order valence-electron chi connectivity index (χ2n) is 9.56. The van der Waals surface area contributed by atoms with Gasteiger partial charge in [0.2, 0.25) is 0 Å². The van der Waals surface area contributed by atoms with Gasteiger partial charge in [-0.3, -0.25) is 0 Å². The summed E-state index contributed by atoms with van der Waals surface area (Å²) in [5.74, 6) is -0.0616. The average Bonchev–Trinajstić information content (AvgIpc) is 3.35. The highest BCUT2D eigenvalue weighted by Gasteiger charge is 2.39. The second kappa shape index (κ2) is 8.54. The lowest BCUT2D eigenvalue weighted by molar-refractivity contribution is 0.356. The number of hydrogen-bond acceptors (Lipinski definition) is 3. The molecule has 0 bridgehead atoms. The minimum atomic E-state index is -0.148. The van der Waals surface area contributed by atoms with Crippen molar-refractivity contribution in [2.75, 3.05) is 0 Å². The number of phenols is 3. The Balaban J connectivity index is 1.91. The standard InChI is InChI=1S/C23H38O3/c1-5-23(14-15-23)13-9-6-10-17-16-19(24)21(26)18(20(17)25)11-7-8-12-22(2,3)4/h16,24-26H,5-15H2,1-4H3. The third-order valence-electron chi connectivity index (χ3n) is 6.14. The fraction of sp³-hybridized carbons (Fsp3) is 0.739. The molecule has 0 amide bonds. The Bertz CT molecular complexity index is 594. The fourth-order valence-corrected chi connectivity index (χ4v) is 3.92. The van der Waals surface area contributed by atoms with E-state index < -0.39 is 0 Å². The Kier molecular flexibility index (Phi) is 6.87. The van der Waals surface area contributed by atoms with E-state index >= 15 is 0 Å². The maximum Gasteiger partial charge on any atom is 0.164 e. The molecule has 0 unspecified atom stereocenters. The van der Waals surface area contributed by atoms with Crippen LogP contribution in [-0.4, -0.2) is 15.3 Å². The van der Waals surface area contributed by atoms with Crippen molar-refractivity contribution >= 4 is 0 Å². The van der Waals surface area contributed by atoms with Gasteiger partial charge in [-0.2, -0.15) is 0 Å². The highest BCUT2D eigenvalue weighted by molar-refractivity contribution is 5.56. The van der Waals surface area contributed by atoms with Gasteiger partial charge in [0.15, 0.2) is 11.5 Å². The normalized spacial score (nSPS) is 16.0. The Labute approximate surface area is 159 Å². The van der Waals surface area contributed by atoms with E-state index in [0.29, 0.717) is 22.8 Å². The predicted molar refractivity (Wildman–Crippen MR) is 108 cm³/mol. The van der Waals surface area contributed by atoms with Gasteiger partial charge >= 0.3 is 0 Å². The third kappa shape index (κ3) is 5.82. The summed E-state index contributed by atoms with van der Waals surface area (Å²) in [7, 11) is 0. The number of rotatable bonds is 10. The van der Waals surface area contributed by atoms with Crippen LogP contribution in [-0.2, 0) is 12.8 Å². The molecule has 0 saturated heterocycles. The van der Waals surface area contributed by atoms with Crippen LogP contribution in [0.15, 0.2) is 6.07 Å². The third-order valence-corrected chi connectivity index (χ3v) is 6.14. The van der Waals surface area contributed by atoms with E-state index in [-0.39, 0.29) is 17.2 Å². The first-order valence-electron chi connectivity index (χ1n) is 10.4. The molecule has 0 radical (unpaired) electrons. The first kappa shape index (κ1) is 20.9. The monoisotopic (exact) mass is 362 g/mol. The van der Waals surface area contributed by atoms with Crippen molar-refractivity contribution in [1.29, 1.82) is 0 Å². The molecular formula is C23H38O3. The predicted octanol–water partition coefficient (Wildman–Crippen LogP) is 6.47. The van der Waals surface area contributed by atoms with Gasteiger partial charge in [0.25, 0.3) is 0 Å². The number of unbranched alkanes of at least 4 members (excludes halogenated alkanes) is 2. The number of aromatic hydroxyl groups is 3. The van der Waals surface area contributed by atoms with E-state index in [9.17, 15) is 15.3 Å². The summed E-state index contributed by atoms with van der Waals surface area (Å²) in [4.78, 5) is 0. The Morgan fingerprint density at radius 3 is 2.15 bits per heavy atom. The van der Waals surface area contributed by atoms with Crippen LogP contribution in [0.3, 0.4) is 0 Å². The number of phenolic OH excluding ortho intramolecular Hbond substituents is 3. The van der Waals surface area contributed by atoms with E-state index in [4.69, 9.17) is 0 Å². The highest BCUT2D eigenvalue weighted by Crippen LogP contribution is 2.52. The van der Waals surface area contributed by atoms with Gasteiger partial charge in [-0.1, -0.05) is 47.0 Å².